The number of hydrogen-bond donors (Lipinski definition) is 2. The number of pyridine rings is 1. The molecule has 1 unspecified atom stereocenters. The quantitative estimate of drug-likeness (QED) is 0.792. The molecule has 3 N–H and O–H groups in total. The van der Waals surface area contributed by atoms with Crippen LogP contribution in [0.2, 0.25) is 0 Å². The summed E-state index contributed by atoms with van der Waals surface area (Å²) in [6.07, 6.45) is 2.67. The molecule has 1 aromatic heterocycles. The highest BCUT2D eigenvalue weighted by Gasteiger charge is 2.26. The Morgan fingerprint density at radius 1 is 1.71 bits per heavy atom. The summed E-state index contributed by atoms with van der Waals surface area (Å²) >= 11 is 0. The Morgan fingerprint density at radius 3 is 3.18 bits per heavy atom. The van der Waals surface area contributed by atoms with Crippen molar-refractivity contribution in [3.8, 4) is 0 Å². The molecule has 0 saturated carbocycles. The number of nitrogens with two attached hydrogens (primary N) is 1. The second-order valence-corrected chi connectivity index (χ2v) is 4.42. The zero-order valence-corrected chi connectivity index (χ0v) is 10.0. The molecule has 1 aliphatic rings. The Bertz CT molecular complexity index is 407. The van der Waals surface area contributed by atoms with Crippen molar-refractivity contribution in [3.63, 3.8) is 0 Å². The molecule has 5 nitrogen and oxygen atoms in total. The number of likely N-dealkylation sites (tertiary alicyclic amines) is 1. The highest BCUT2D eigenvalue weighted by molar-refractivity contribution is 5.77. The number of amides is 1. The maximum Gasteiger partial charge on any atom is 0.221 e. The second kappa shape index (κ2) is 5.14. The van der Waals surface area contributed by atoms with Gasteiger partial charge in [-0.25, -0.2) is 4.98 Å². The standard InChI is InChI=1S/C12H18N4O/c1-14-11-6-9(2-4-15-11)7-16-5-3-10(8-16)12(13)17/h2,4,6,10H,3,5,7-8H2,1H3,(H2,13,17)(H,14,15). The van der Waals surface area contributed by atoms with Crippen molar-refractivity contribution < 1.29 is 4.79 Å². The lowest BCUT2D eigenvalue weighted by molar-refractivity contribution is -0.121. The zero-order chi connectivity index (χ0) is 12.3. The number of nitrogens with one attached hydrogen (secondary N) is 1. The lowest BCUT2D eigenvalue weighted by Crippen LogP contribution is -2.27. The molecule has 17 heavy (non-hydrogen) atoms. The number of hydrogen-bond acceptors (Lipinski definition) is 4. The number of aromatic nitrogens is 1. The maximum absolute atomic E-state index is 11.1. The minimum atomic E-state index is -0.182. The first-order valence-electron chi connectivity index (χ1n) is 5.83. The van der Waals surface area contributed by atoms with Gasteiger partial charge in [0.05, 0.1) is 5.92 Å². The van der Waals surface area contributed by atoms with Crippen LogP contribution in [0.4, 0.5) is 5.82 Å². The van der Waals surface area contributed by atoms with E-state index in [-0.39, 0.29) is 11.8 Å². The van der Waals surface area contributed by atoms with Crippen LogP contribution in [0.25, 0.3) is 0 Å². The monoisotopic (exact) mass is 234 g/mol. The van der Waals surface area contributed by atoms with Crippen LogP contribution in [-0.2, 0) is 11.3 Å². The van der Waals surface area contributed by atoms with Crippen molar-refractivity contribution in [3.05, 3.63) is 23.9 Å². The normalized spacial score (nSPS) is 20.4. The van der Waals surface area contributed by atoms with E-state index in [4.69, 9.17) is 5.73 Å². The number of carbonyl (C=O) groups is 1. The predicted octanol–water partition coefficient (Wildman–Crippen LogP) is 0.430. The Morgan fingerprint density at radius 2 is 2.53 bits per heavy atom. The van der Waals surface area contributed by atoms with Crippen LogP contribution in [-0.4, -0.2) is 35.9 Å². The molecule has 1 amide bonds. The summed E-state index contributed by atoms with van der Waals surface area (Å²) < 4.78 is 0. The maximum atomic E-state index is 11.1. The summed E-state index contributed by atoms with van der Waals surface area (Å²) in [5.74, 6) is 0.701. The summed E-state index contributed by atoms with van der Waals surface area (Å²) in [5.41, 5.74) is 6.52. The minimum Gasteiger partial charge on any atom is -0.373 e. The van der Waals surface area contributed by atoms with Gasteiger partial charge in [-0.2, -0.15) is 0 Å². The number of nitrogens with zero attached hydrogens (tertiary/aromatic N) is 2. The summed E-state index contributed by atoms with van der Waals surface area (Å²) in [7, 11) is 1.85. The molecule has 0 aliphatic carbocycles. The Kier molecular flexibility index (Phi) is 3.58. The number of carbonyl (C=O) groups excluding carboxylic acids is 1. The van der Waals surface area contributed by atoms with Gasteiger partial charge in [-0.3, -0.25) is 9.69 Å². The Hall–Kier alpha value is -1.62. The minimum absolute atomic E-state index is 0.0145. The van der Waals surface area contributed by atoms with Gasteiger partial charge in [-0.1, -0.05) is 0 Å². The molecule has 1 aromatic rings. The van der Waals surface area contributed by atoms with Gasteiger partial charge in [0.1, 0.15) is 5.82 Å². The van der Waals surface area contributed by atoms with Crippen molar-refractivity contribution in [2.24, 2.45) is 11.7 Å². The molecular formula is C12H18N4O. The summed E-state index contributed by atoms with van der Waals surface area (Å²) in [6.45, 7) is 2.55. The van der Waals surface area contributed by atoms with Gasteiger partial charge in [0.25, 0.3) is 0 Å². The van der Waals surface area contributed by atoms with E-state index in [1.165, 1.54) is 5.56 Å². The molecule has 2 rings (SSSR count). The van der Waals surface area contributed by atoms with Gasteiger partial charge in [0.15, 0.2) is 0 Å². The molecule has 1 saturated heterocycles. The van der Waals surface area contributed by atoms with Gasteiger partial charge >= 0.3 is 0 Å². The summed E-state index contributed by atoms with van der Waals surface area (Å²) in [5, 5.41) is 3.02. The fourth-order valence-corrected chi connectivity index (χ4v) is 2.18. The van der Waals surface area contributed by atoms with Crippen LogP contribution in [0, 0.1) is 5.92 Å². The van der Waals surface area contributed by atoms with Gasteiger partial charge in [0, 0.05) is 26.3 Å². The van der Waals surface area contributed by atoms with Crippen LogP contribution in [0.3, 0.4) is 0 Å². The molecule has 92 valence electrons. The van der Waals surface area contributed by atoms with E-state index in [0.29, 0.717) is 0 Å². The van der Waals surface area contributed by atoms with Gasteiger partial charge in [0.2, 0.25) is 5.91 Å². The van der Waals surface area contributed by atoms with E-state index in [9.17, 15) is 4.79 Å². The third kappa shape index (κ3) is 2.94. The Balaban J connectivity index is 1.95. The zero-order valence-electron chi connectivity index (χ0n) is 10.0. The van der Waals surface area contributed by atoms with Crippen LogP contribution in [0.15, 0.2) is 18.3 Å². The second-order valence-electron chi connectivity index (χ2n) is 4.42. The summed E-state index contributed by atoms with van der Waals surface area (Å²) in [6, 6.07) is 4.02. The van der Waals surface area contributed by atoms with Crippen molar-refractivity contribution in [1.82, 2.24) is 9.88 Å². The first kappa shape index (κ1) is 11.9. The molecule has 1 aliphatic heterocycles. The van der Waals surface area contributed by atoms with E-state index in [0.717, 1.165) is 31.9 Å². The van der Waals surface area contributed by atoms with Gasteiger partial charge in [-0.05, 0) is 30.7 Å². The molecule has 0 bridgehead atoms. The number of anilines is 1. The molecule has 1 atom stereocenters. The molecule has 0 aromatic carbocycles. The van der Waals surface area contributed by atoms with E-state index in [1.54, 1.807) is 6.20 Å². The van der Waals surface area contributed by atoms with E-state index in [1.807, 2.05) is 19.2 Å². The average Bonchev–Trinajstić information content (AvgIpc) is 2.78. The van der Waals surface area contributed by atoms with Gasteiger partial charge in [-0.15, -0.1) is 0 Å². The average molecular weight is 234 g/mol. The first-order valence-corrected chi connectivity index (χ1v) is 5.83. The SMILES string of the molecule is CNc1cc(CN2CCC(C(N)=O)C2)ccn1. The van der Waals surface area contributed by atoms with Crippen LogP contribution >= 0.6 is 0 Å². The van der Waals surface area contributed by atoms with Crippen molar-refractivity contribution >= 4 is 11.7 Å². The van der Waals surface area contributed by atoms with Crippen molar-refractivity contribution in [2.45, 2.75) is 13.0 Å². The van der Waals surface area contributed by atoms with Crippen LogP contribution in [0.1, 0.15) is 12.0 Å². The molecule has 2 heterocycles. The molecule has 0 radical (unpaired) electrons. The first-order chi connectivity index (χ1) is 8.19. The fourth-order valence-electron chi connectivity index (χ4n) is 2.18. The lowest BCUT2D eigenvalue weighted by Gasteiger charge is -2.15. The van der Waals surface area contributed by atoms with Crippen molar-refractivity contribution in [2.75, 3.05) is 25.5 Å². The molecule has 5 heteroatoms. The molecule has 0 spiro atoms. The molecule has 1 fully saturated rings. The van der Waals surface area contributed by atoms with Gasteiger partial charge < -0.3 is 11.1 Å². The van der Waals surface area contributed by atoms with Crippen LogP contribution < -0.4 is 11.1 Å². The van der Waals surface area contributed by atoms with E-state index < -0.39 is 0 Å². The third-order valence-corrected chi connectivity index (χ3v) is 3.16. The largest absolute Gasteiger partial charge is 0.373 e. The van der Waals surface area contributed by atoms with E-state index >= 15 is 0 Å². The predicted molar refractivity (Wildman–Crippen MR) is 66.4 cm³/mol. The fraction of sp³-hybridized carbons (Fsp3) is 0.500. The van der Waals surface area contributed by atoms with Crippen LogP contribution in [0.5, 0.6) is 0 Å². The third-order valence-electron chi connectivity index (χ3n) is 3.16. The highest BCUT2D eigenvalue weighted by Crippen LogP contribution is 2.18. The molecular weight excluding hydrogens is 216 g/mol. The topological polar surface area (TPSA) is 71.2 Å². The number of primary amides is 1. The Labute approximate surface area is 101 Å². The lowest BCUT2D eigenvalue weighted by atomic mass is 10.1. The van der Waals surface area contributed by atoms with E-state index in [2.05, 4.69) is 15.2 Å². The smallest absolute Gasteiger partial charge is 0.221 e. The number of rotatable bonds is 4. The van der Waals surface area contributed by atoms with Crippen molar-refractivity contribution in [1.29, 1.82) is 0 Å². The summed E-state index contributed by atoms with van der Waals surface area (Å²) in [4.78, 5) is 17.5. The highest BCUT2D eigenvalue weighted by atomic mass is 16.1.